The first-order valence-electron chi connectivity index (χ1n) is 11.2. The van der Waals surface area contributed by atoms with Crippen LogP contribution in [-0.2, 0) is 20.6 Å². The summed E-state index contributed by atoms with van der Waals surface area (Å²) in [5.41, 5.74) is 1.83. The zero-order chi connectivity index (χ0) is 23.1. The van der Waals surface area contributed by atoms with E-state index >= 15 is 0 Å². The molecule has 0 radical (unpaired) electrons. The molecule has 2 aromatic rings. The van der Waals surface area contributed by atoms with Crippen LogP contribution in [0.4, 0.5) is 0 Å². The molecule has 7 heteroatoms. The van der Waals surface area contributed by atoms with Gasteiger partial charge in [0.2, 0.25) is 15.9 Å². The molecule has 1 amide bonds. The van der Waals surface area contributed by atoms with E-state index in [0.29, 0.717) is 31.8 Å². The Labute approximate surface area is 192 Å². The highest BCUT2D eigenvalue weighted by Gasteiger charge is 2.32. The summed E-state index contributed by atoms with van der Waals surface area (Å²) in [7, 11) is -1.75. The first-order valence-corrected chi connectivity index (χ1v) is 12.9. The summed E-state index contributed by atoms with van der Waals surface area (Å²) >= 11 is 0. The Kier molecular flexibility index (Phi) is 8.32. The number of hydrogen-bond acceptors (Lipinski definition) is 4. The topological polar surface area (TPSA) is 75.7 Å². The highest BCUT2D eigenvalue weighted by Crippen LogP contribution is 2.26. The number of rotatable bonds is 9. The van der Waals surface area contributed by atoms with Crippen LogP contribution in [0.5, 0.6) is 5.75 Å². The lowest BCUT2D eigenvalue weighted by molar-refractivity contribution is -0.127. The second kappa shape index (κ2) is 11.0. The predicted octanol–water partition coefficient (Wildman–Crippen LogP) is 4.14. The molecule has 1 fully saturated rings. The van der Waals surface area contributed by atoms with Crippen molar-refractivity contribution in [2.75, 3.05) is 20.2 Å². The minimum absolute atomic E-state index is 0.00135. The van der Waals surface area contributed by atoms with E-state index in [1.807, 2.05) is 54.6 Å². The van der Waals surface area contributed by atoms with Crippen LogP contribution in [0.15, 0.2) is 54.6 Å². The van der Waals surface area contributed by atoms with Crippen molar-refractivity contribution in [3.63, 3.8) is 0 Å². The van der Waals surface area contributed by atoms with Gasteiger partial charge < -0.3 is 10.1 Å². The number of sulfonamides is 1. The van der Waals surface area contributed by atoms with Crippen LogP contribution in [0.2, 0.25) is 0 Å². The molecule has 2 aromatic carbocycles. The lowest BCUT2D eigenvalue weighted by Crippen LogP contribution is -2.44. The normalized spacial score (nSPS) is 16.6. The van der Waals surface area contributed by atoms with Crippen LogP contribution in [0, 0.1) is 11.8 Å². The molecule has 1 heterocycles. The number of ether oxygens (including phenoxy) is 1. The van der Waals surface area contributed by atoms with Crippen molar-refractivity contribution in [2.24, 2.45) is 11.8 Å². The molecule has 3 rings (SSSR count). The van der Waals surface area contributed by atoms with Gasteiger partial charge in [-0.25, -0.2) is 12.7 Å². The maximum atomic E-state index is 13.0. The molecule has 1 N–H and O–H groups in total. The predicted molar refractivity (Wildman–Crippen MR) is 127 cm³/mol. The van der Waals surface area contributed by atoms with E-state index in [0.717, 1.165) is 23.3 Å². The summed E-state index contributed by atoms with van der Waals surface area (Å²) in [6.45, 7) is 5.03. The number of benzene rings is 2. The molecule has 1 aliphatic heterocycles. The van der Waals surface area contributed by atoms with E-state index in [2.05, 4.69) is 19.2 Å². The fraction of sp³-hybridized carbons (Fsp3) is 0.480. The maximum absolute atomic E-state index is 13.0. The standard InChI is InChI=1S/C25H34N2O4S/c1-19(2)17-24(21-9-11-23(31-3)12-10-21)26-25(28)22-13-15-27(16-14-22)32(29,30)18-20-7-5-4-6-8-20/h4-12,19,22,24H,13-18H2,1-3H3,(H,26,28)/t24-/m1/s1. The van der Waals surface area contributed by atoms with Crippen molar-refractivity contribution < 1.29 is 17.9 Å². The molecule has 0 bridgehead atoms. The molecule has 0 saturated carbocycles. The van der Waals surface area contributed by atoms with Gasteiger partial charge in [-0.2, -0.15) is 0 Å². The highest BCUT2D eigenvalue weighted by molar-refractivity contribution is 7.88. The quantitative estimate of drug-likeness (QED) is 0.613. The van der Waals surface area contributed by atoms with Crippen LogP contribution in [-0.4, -0.2) is 38.8 Å². The van der Waals surface area contributed by atoms with Gasteiger partial charge in [0.1, 0.15) is 5.75 Å². The smallest absolute Gasteiger partial charge is 0.223 e. The molecule has 0 aromatic heterocycles. The van der Waals surface area contributed by atoms with Gasteiger partial charge in [-0.05, 0) is 48.4 Å². The first kappa shape index (κ1) is 24.3. The average Bonchev–Trinajstić information content (AvgIpc) is 2.79. The van der Waals surface area contributed by atoms with Crippen molar-refractivity contribution in [2.45, 2.75) is 44.9 Å². The van der Waals surface area contributed by atoms with Gasteiger partial charge in [0.25, 0.3) is 0 Å². The van der Waals surface area contributed by atoms with Crippen LogP contribution in [0.1, 0.15) is 50.3 Å². The van der Waals surface area contributed by atoms with Gasteiger partial charge in [-0.15, -0.1) is 0 Å². The Balaban J connectivity index is 1.59. The van der Waals surface area contributed by atoms with E-state index in [1.54, 1.807) is 7.11 Å². The fourth-order valence-corrected chi connectivity index (χ4v) is 5.71. The SMILES string of the molecule is COc1ccc([C@@H](CC(C)C)NC(=O)C2CCN(S(=O)(=O)Cc3ccccc3)CC2)cc1. The third-order valence-corrected chi connectivity index (χ3v) is 7.80. The molecule has 0 spiro atoms. The molecule has 0 aliphatic carbocycles. The van der Waals surface area contributed by atoms with Gasteiger partial charge in [-0.1, -0.05) is 56.3 Å². The van der Waals surface area contributed by atoms with Gasteiger partial charge in [-0.3, -0.25) is 4.79 Å². The van der Waals surface area contributed by atoms with Crippen molar-refractivity contribution >= 4 is 15.9 Å². The Bertz CT molecular complexity index is 967. The molecule has 32 heavy (non-hydrogen) atoms. The van der Waals surface area contributed by atoms with Crippen LogP contribution in [0.3, 0.4) is 0 Å². The summed E-state index contributed by atoms with van der Waals surface area (Å²) in [6, 6.07) is 16.9. The summed E-state index contributed by atoms with van der Waals surface area (Å²) in [5, 5.41) is 3.22. The monoisotopic (exact) mass is 458 g/mol. The van der Waals surface area contributed by atoms with Gasteiger partial charge >= 0.3 is 0 Å². The second-order valence-electron chi connectivity index (χ2n) is 8.88. The molecule has 1 aliphatic rings. The lowest BCUT2D eigenvalue weighted by Gasteiger charge is -2.32. The fourth-order valence-electron chi connectivity index (χ4n) is 4.15. The molecule has 6 nitrogen and oxygen atoms in total. The summed E-state index contributed by atoms with van der Waals surface area (Å²) in [5.74, 6) is 1.04. The highest BCUT2D eigenvalue weighted by atomic mass is 32.2. The zero-order valence-electron chi connectivity index (χ0n) is 19.2. The molecule has 0 unspecified atom stereocenters. The molecule has 174 valence electrons. The van der Waals surface area contributed by atoms with Crippen LogP contribution < -0.4 is 10.1 Å². The van der Waals surface area contributed by atoms with Gasteiger partial charge in [0, 0.05) is 19.0 Å². The first-order chi connectivity index (χ1) is 15.3. The Morgan fingerprint density at radius 2 is 1.69 bits per heavy atom. The summed E-state index contributed by atoms with van der Waals surface area (Å²) in [4.78, 5) is 13.0. The number of hydrogen-bond donors (Lipinski definition) is 1. The number of piperidine rings is 1. The number of carbonyl (C=O) groups is 1. The van der Waals surface area contributed by atoms with Crippen LogP contribution in [0.25, 0.3) is 0 Å². The summed E-state index contributed by atoms with van der Waals surface area (Å²) in [6.07, 6.45) is 1.91. The summed E-state index contributed by atoms with van der Waals surface area (Å²) < 4.78 is 32.3. The Hall–Kier alpha value is -2.38. The Morgan fingerprint density at radius 1 is 1.06 bits per heavy atom. The van der Waals surface area contributed by atoms with Gasteiger partial charge in [0.05, 0.1) is 18.9 Å². The molecule has 1 atom stereocenters. The van der Waals surface area contributed by atoms with Crippen molar-refractivity contribution in [3.8, 4) is 5.75 Å². The third kappa shape index (κ3) is 6.56. The average molecular weight is 459 g/mol. The molecular formula is C25H34N2O4S. The van der Waals surface area contributed by atoms with E-state index in [-0.39, 0.29) is 23.6 Å². The van der Waals surface area contributed by atoms with E-state index in [1.165, 1.54) is 4.31 Å². The third-order valence-electron chi connectivity index (χ3n) is 5.95. The maximum Gasteiger partial charge on any atom is 0.223 e. The number of methoxy groups -OCH3 is 1. The van der Waals surface area contributed by atoms with E-state index in [4.69, 9.17) is 4.74 Å². The molecule has 1 saturated heterocycles. The number of nitrogens with one attached hydrogen (secondary N) is 1. The minimum atomic E-state index is -3.38. The minimum Gasteiger partial charge on any atom is -0.497 e. The van der Waals surface area contributed by atoms with Crippen molar-refractivity contribution in [3.05, 3.63) is 65.7 Å². The lowest BCUT2D eigenvalue weighted by atomic mass is 9.93. The van der Waals surface area contributed by atoms with Gasteiger partial charge in [0.15, 0.2) is 0 Å². The van der Waals surface area contributed by atoms with Crippen LogP contribution >= 0.6 is 0 Å². The van der Waals surface area contributed by atoms with E-state index < -0.39 is 10.0 Å². The molecular weight excluding hydrogens is 424 g/mol. The number of amides is 1. The zero-order valence-corrected chi connectivity index (χ0v) is 20.0. The van der Waals surface area contributed by atoms with E-state index in [9.17, 15) is 13.2 Å². The van der Waals surface area contributed by atoms with Crippen molar-refractivity contribution in [1.29, 1.82) is 0 Å². The number of nitrogens with zero attached hydrogens (tertiary/aromatic N) is 1. The second-order valence-corrected chi connectivity index (χ2v) is 10.8. The largest absolute Gasteiger partial charge is 0.497 e. The van der Waals surface area contributed by atoms with Crippen molar-refractivity contribution in [1.82, 2.24) is 9.62 Å². The Morgan fingerprint density at radius 3 is 2.25 bits per heavy atom. The number of carbonyl (C=O) groups excluding carboxylic acids is 1.